The first-order valence-electron chi connectivity index (χ1n) is 6.40. The van der Waals surface area contributed by atoms with Gasteiger partial charge < -0.3 is 10.6 Å². The fourth-order valence-electron chi connectivity index (χ4n) is 2.04. The van der Waals surface area contributed by atoms with Crippen LogP contribution >= 0.6 is 0 Å². The minimum Gasteiger partial charge on any atom is -0.329 e. The summed E-state index contributed by atoms with van der Waals surface area (Å²) in [7, 11) is 1.68. The molecule has 2 N–H and O–H groups in total. The Kier molecular flexibility index (Phi) is 4.18. The smallest absolute Gasteiger partial charge is 0.329 e. The van der Waals surface area contributed by atoms with Gasteiger partial charge in [-0.3, -0.25) is 0 Å². The number of halogens is 3. The lowest BCUT2D eigenvalue weighted by Gasteiger charge is -2.22. The minimum absolute atomic E-state index is 0.122. The molecular weight excluding hydrogens is 279 g/mol. The van der Waals surface area contributed by atoms with Crippen LogP contribution in [0.25, 0.3) is 0 Å². The molecule has 0 atom stereocenters. The predicted octanol–water partition coefficient (Wildman–Crippen LogP) is 3.64. The Morgan fingerprint density at radius 2 is 1.90 bits per heavy atom. The highest BCUT2D eigenvalue weighted by Gasteiger charge is 2.33. The van der Waals surface area contributed by atoms with Gasteiger partial charge in [-0.1, -0.05) is 18.2 Å². The number of nitrogens with two attached hydrogens (primary N) is 1. The second kappa shape index (κ2) is 5.73. The van der Waals surface area contributed by atoms with Gasteiger partial charge in [-0.25, -0.2) is 4.98 Å². The van der Waals surface area contributed by atoms with E-state index in [1.165, 1.54) is 6.07 Å². The van der Waals surface area contributed by atoms with Crippen LogP contribution in [0.3, 0.4) is 0 Å². The first kappa shape index (κ1) is 15.3. The highest BCUT2D eigenvalue weighted by Crippen LogP contribution is 2.32. The molecule has 1 aromatic heterocycles. The van der Waals surface area contributed by atoms with E-state index in [0.717, 1.165) is 17.3 Å². The van der Waals surface area contributed by atoms with E-state index in [9.17, 15) is 13.2 Å². The number of benzene rings is 1. The van der Waals surface area contributed by atoms with Crippen molar-refractivity contribution in [2.75, 3.05) is 11.9 Å². The van der Waals surface area contributed by atoms with Gasteiger partial charge in [0, 0.05) is 24.8 Å². The molecule has 0 spiro atoms. The lowest BCUT2D eigenvalue weighted by atomic mass is 10.1. The summed E-state index contributed by atoms with van der Waals surface area (Å²) in [4.78, 5) is 5.36. The number of aromatic nitrogens is 1. The van der Waals surface area contributed by atoms with Gasteiger partial charge >= 0.3 is 6.18 Å². The van der Waals surface area contributed by atoms with Crippen molar-refractivity contribution in [3.8, 4) is 0 Å². The zero-order chi connectivity index (χ0) is 15.6. The molecule has 0 bridgehead atoms. The molecule has 0 fully saturated rings. The molecule has 0 unspecified atom stereocenters. The molecule has 1 heterocycles. The summed E-state index contributed by atoms with van der Waals surface area (Å²) in [6, 6.07) is 9.78. The van der Waals surface area contributed by atoms with Crippen molar-refractivity contribution in [2.24, 2.45) is 5.73 Å². The van der Waals surface area contributed by atoms with Gasteiger partial charge in [-0.05, 0) is 30.7 Å². The van der Waals surface area contributed by atoms with Crippen LogP contribution in [-0.4, -0.2) is 12.0 Å². The third-order valence-electron chi connectivity index (χ3n) is 3.17. The molecule has 2 rings (SSSR count). The summed E-state index contributed by atoms with van der Waals surface area (Å²) in [6.07, 6.45) is -4.48. The van der Waals surface area contributed by atoms with Gasteiger partial charge in [-0.2, -0.15) is 13.2 Å². The van der Waals surface area contributed by atoms with Gasteiger partial charge in [-0.15, -0.1) is 0 Å². The number of alkyl halides is 3. The first-order chi connectivity index (χ1) is 9.82. The average Bonchev–Trinajstić information content (AvgIpc) is 2.44. The lowest BCUT2D eigenvalue weighted by Crippen LogP contribution is -2.18. The Morgan fingerprint density at radius 1 is 1.19 bits per heavy atom. The maximum absolute atomic E-state index is 12.8. The molecule has 0 amide bonds. The quantitative estimate of drug-likeness (QED) is 0.940. The molecule has 0 saturated carbocycles. The summed E-state index contributed by atoms with van der Waals surface area (Å²) in [6.45, 7) is 2.04. The third-order valence-corrected chi connectivity index (χ3v) is 3.17. The second-order valence-electron chi connectivity index (χ2n) is 4.78. The van der Waals surface area contributed by atoms with Crippen LogP contribution in [0.15, 0.2) is 36.4 Å². The predicted molar refractivity (Wildman–Crippen MR) is 76.4 cm³/mol. The second-order valence-corrected chi connectivity index (χ2v) is 4.78. The summed E-state index contributed by atoms with van der Waals surface area (Å²) in [5.74, 6) is 0.220. The summed E-state index contributed by atoms with van der Waals surface area (Å²) in [5, 5.41) is 0. The number of rotatable bonds is 3. The maximum atomic E-state index is 12.8. The average molecular weight is 295 g/mol. The number of nitrogens with zero attached hydrogens (tertiary/aromatic N) is 2. The summed E-state index contributed by atoms with van der Waals surface area (Å²) >= 11 is 0. The summed E-state index contributed by atoms with van der Waals surface area (Å²) < 4.78 is 38.5. The number of hydrogen-bond donors (Lipinski definition) is 1. The molecule has 2 aromatic rings. The van der Waals surface area contributed by atoms with Crippen LogP contribution in [-0.2, 0) is 12.7 Å². The molecule has 0 aliphatic heterocycles. The molecule has 0 aliphatic rings. The largest absolute Gasteiger partial charge is 0.433 e. The number of aryl methyl sites for hydroxylation is 1. The topological polar surface area (TPSA) is 42.2 Å². The van der Waals surface area contributed by atoms with Crippen LogP contribution in [0, 0.1) is 6.92 Å². The minimum atomic E-state index is -4.48. The van der Waals surface area contributed by atoms with Crippen LogP contribution in [0.1, 0.15) is 16.8 Å². The van der Waals surface area contributed by atoms with Crippen molar-refractivity contribution in [3.63, 3.8) is 0 Å². The SMILES string of the molecule is Cc1cccc(N(C)c2nc(C(F)(F)F)ccc2CN)c1. The molecule has 0 aliphatic carbocycles. The van der Waals surface area contributed by atoms with Crippen molar-refractivity contribution in [1.82, 2.24) is 4.98 Å². The highest BCUT2D eigenvalue weighted by atomic mass is 19.4. The molecule has 6 heteroatoms. The Balaban J connectivity index is 2.50. The van der Waals surface area contributed by atoms with E-state index in [2.05, 4.69) is 4.98 Å². The maximum Gasteiger partial charge on any atom is 0.433 e. The van der Waals surface area contributed by atoms with Gasteiger partial charge in [0.1, 0.15) is 11.5 Å². The Morgan fingerprint density at radius 3 is 2.48 bits per heavy atom. The number of pyridine rings is 1. The van der Waals surface area contributed by atoms with Gasteiger partial charge in [0.25, 0.3) is 0 Å². The van der Waals surface area contributed by atoms with Crippen LogP contribution in [0.2, 0.25) is 0 Å². The Bertz CT molecular complexity index is 638. The fraction of sp³-hybridized carbons (Fsp3) is 0.267. The van der Waals surface area contributed by atoms with Crippen LogP contribution < -0.4 is 10.6 Å². The first-order valence-corrected chi connectivity index (χ1v) is 6.40. The molecule has 112 valence electrons. The fourth-order valence-corrected chi connectivity index (χ4v) is 2.04. The van der Waals surface area contributed by atoms with Crippen molar-refractivity contribution in [2.45, 2.75) is 19.6 Å². The molecule has 0 saturated heterocycles. The zero-order valence-electron chi connectivity index (χ0n) is 11.8. The standard InChI is InChI=1S/C15H16F3N3/c1-10-4-3-5-12(8-10)21(2)14-11(9-19)6-7-13(20-14)15(16,17)18/h3-8H,9,19H2,1-2H3. The van der Waals surface area contributed by atoms with E-state index >= 15 is 0 Å². The van der Waals surface area contributed by atoms with Crippen LogP contribution in [0.5, 0.6) is 0 Å². The van der Waals surface area contributed by atoms with E-state index in [1.807, 2.05) is 31.2 Å². The van der Waals surface area contributed by atoms with E-state index in [0.29, 0.717) is 5.56 Å². The van der Waals surface area contributed by atoms with E-state index in [-0.39, 0.29) is 12.4 Å². The number of hydrogen-bond acceptors (Lipinski definition) is 3. The van der Waals surface area contributed by atoms with Crippen molar-refractivity contribution >= 4 is 11.5 Å². The van der Waals surface area contributed by atoms with Crippen molar-refractivity contribution in [3.05, 3.63) is 53.2 Å². The molecule has 3 nitrogen and oxygen atoms in total. The molecule has 21 heavy (non-hydrogen) atoms. The molecule has 1 aromatic carbocycles. The highest BCUT2D eigenvalue weighted by molar-refractivity contribution is 5.63. The lowest BCUT2D eigenvalue weighted by molar-refractivity contribution is -0.141. The summed E-state index contributed by atoms with van der Waals surface area (Å²) in [5.41, 5.74) is 7.02. The normalized spacial score (nSPS) is 11.5. The van der Waals surface area contributed by atoms with Gasteiger partial charge in [0.15, 0.2) is 0 Å². The third kappa shape index (κ3) is 3.33. The number of anilines is 2. The van der Waals surface area contributed by atoms with E-state index in [4.69, 9.17) is 5.73 Å². The van der Waals surface area contributed by atoms with Gasteiger partial charge in [0.05, 0.1) is 0 Å². The van der Waals surface area contributed by atoms with Crippen molar-refractivity contribution in [1.29, 1.82) is 0 Å². The monoisotopic (exact) mass is 295 g/mol. The Hall–Kier alpha value is -2.08. The Labute approximate surface area is 121 Å². The van der Waals surface area contributed by atoms with E-state index in [1.54, 1.807) is 11.9 Å². The van der Waals surface area contributed by atoms with E-state index < -0.39 is 11.9 Å². The zero-order valence-corrected chi connectivity index (χ0v) is 11.8. The molecule has 0 radical (unpaired) electrons. The van der Waals surface area contributed by atoms with Crippen LogP contribution in [0.4, 0.5) is 24.7 Å². The van der Waals surface area contributed by atoms with Crippen molar-refractivity contribution < 1.29 is 13.2 Å². The van der Waals surface area contributed by atoms with Gasteiger partial charge in [0.2, 0.25) is 0 Å². The molecular formula is C15H16F3N3.